The summed E-state index contributed by atoms with van der Waals surface area (Å²) in [4.78, 5) is 26.4. The van der Waals surface area contributed by atoms with Crippen molar-refractivity contribution in [1.82, 2.24) is 4.90 Å². The van der Waals surface area contributed by atoms with Crippen LogP contribution in [0.25, 0.3) is 0 Å². The van der Waals surface area contributed by atoms with E-state index in [0.717, 1.165) is 17.3 Å². The Morgan fingerprint density at radius 2 is 2.05 bits per heavy atom. The van der Waals surface area contributed by atoms with Gasteiger partial charge in [0.15, 0.2) is 0 Å². The van der Waals surface area contributed by atoms with E-state index in [-0.39, 0.29) is 32.7 Å². The van der Waals surface area contributed by atoms with E-state index in [9.17, 15) is 9.59 Å². The molecule has 1 aromatic carbocycles. The first-order valence-electron chi connectivity index (χ1n) is 6.70. The number of benzene rings is 1. The maximum atomic E-state index is 12.7. The molecule has 1 aliphatic carbocycles. The predicted molar refractivity (Wildman–Crippen MR) is 87.4 cm³/mol. The Hall–Kier alpha value is -0.391. The first-order valence-corrected chi connectivity index (χ1v) is 9.94. The fourth-order valence-electron chi connectivity index (χ4n) is 3.31. The van der Waals surface area contributed by atoms with Crippen LogP contribution in [0.2, 0.25) is 4.31 Å². The molecule has 1 aromatic rings. The molecular formula is C15H16INO2Se. The Balaban J connectivity index is 1.98. The summed E-state index contributed by atoms with van der Waals surface area (Å²) in [6, 6.07) is 10.2. The molecular weight excluding hydrogens is 432 g/mol. The van der Waals surface area contributed by atoms with Gasteiger partial charge in [-0.3, -0.25) is 0 Å². The molecule has 106 valence electrons. The van der Waals surface area contributed by atoms with E-state index in [1.165, 1.54) is 9.36 Å². The fraction of sp³-hybridized carbons (Fsp3) is 0.467. The number of carbonyl (C=O) groups is 2. The average molecular weight is 448 g/mol. The zero-order valence-electron chi connectivity index (χ0n) is 11.2. The van der Waals surface area contributed by atoms with Gasteiger partial charge in [0.25, 0.3) is 0 Å². The van der Waals surface area contributed by atoms with Crippen LogP contribution >= 0.6 is 22.6 Å². The van der Waals surface area contributed by atoms with Gasteiger partial charge in [0.2, 0.25) is 0 Å². The third kappa shape index (κ3) is 2.14. The molecule has 3 rings (SSSR count). The average Bonchev–Trinajstić information content (AvgIpc) is 2.92. The summed E-state index contributed by atoms with van der Waals surface area (Å²) >= 11 is 2.40. The number of carbonyl (C=O) groups excluding carboxylic acids is 2. The van der Waals surface area contributed by atoms with E-state index >= 15 is 0 Å². The number of imide groups is 1. The van der Waals surface area contributed by atoms with Crippen molar-refractivity contribution in [2.75, 3.05) is 11.5 Å². The number of hydrogen-bond donors (Lipinski definition) is 0. The van der Waals surface area contributed by atoms with Crippen molar-refractivity contribution in [2.24, 2.45) is 11.8 Å². The first-order chi connectivity index (χ1) is 9.58. The van der Waals surface area contributed by atoms with Crippen molar-refractivity contribution < 1.29 is 9.59 Å². The second-order valence-corrected chi connectivity index (χ2v) is 9.35. The number of nitrogens with zero attached hydrogens (tertiary/aromatic N) is 1. The summed E-state index contributed by atoms with van der Waals surface area (Å²) in [6.07, 6.45) is 1.76. The molecule has 1 heterocycles. The molecule has 2 aliphatic rings. The van der Waals surface area contributed by atoms with Crippen LogP contribution in [-0.2, 0) is 9.59 Å². The quantitative estimate of drug-likeness (QED) is 0.305. The van der Waals surface area contributed by atoms with Crippen molar-refractivity contribution >= 4 is 53.8 Å². The molecule has 0 bridgehead atoms. The zero-order chi connectivity index (χ0) is 14.3. The summed E-state index contributed by atoms with van der Waals surface area (Å²) in [5, 5.41) is 0. The normalized spacial score (nSPS) is 32.8. The predicted octanol–water partition coefficient (Wildman–Crippen LogP) is 1.63. The van der Waals surface area contributed by atoms with Crippen LogP contribution in [0, 0.1) is 11.8 Å². The number of halogens is 1. The topological polar surface area (TPSA) is 37.4 Å². The number of hydrogen-bond acceptors (Lipinski definition) is 2. The van der Waals surface area contributed by atoms with Crippen molar-refractivity contribution in [3.63, 3.8) is 0 Å². The summed E-state index contributed by atoms with van der Waals surface area (Å²) in [5.74, 6) is 0.525. The van der Waals surface area contributed by atoms with E-state index in [2.05, 4.69) is 34.7 Å². The van der Waals surface area contributed by atoms with E-state index in [1.807, 2.05) is 18.2 Å². The molecule has 20 heavy (non-hydrogen) atoms. The Labute approximate surface area is 138 Å². The first kappa shape index (κ1) is 14.5. The van der Waals surface area contributed by atoms with Crippen LogP contribution in [0.15, 0.2) is 30.3 Å². The molecule has 0 unspecified atom stereocenters. The summed E-state index contributed by atoms with van der Waals surface area (Å²) in [6.45, 7) is 0. The second-order valence-electron chi connectivity index (χ2n) is 5.52. The van der Waals surface area contributed by atoms with Gasteiger partial charge in [0, 0.05) is 0 Å². The number of amides is 2. The standard InChI is InChI=1S/C15H16INO2Se/c1-17-13(18)12-7-10(9-16)8-15(12,14(17)19)20-11-5-3-2-4-6-11/h2-6,10,12H,7-9H2,1H3/t10-,12+,15-/m1/s1. The number of likely N-dealkylation sites (tertiary alicyclic amines) is 1. The van der Waals surface area contributed by atoms with Crippen molar-refractivity contribution in [3.05, 3.63) is 30.3 Å². The molecule has 1 saturated carbocycles. The Morgan fingerprint density at radius 3 is 2.70 bits per heavy atom. The second kappa shape index (κ2) is 5.43. The van der Waals surface area contributed by atoms with E-state index < -0.39 is 4.31 Å². The van der Waals surface area contributed by atoms with E-state index in [4.69, 9.17) is 0 Å². The van der Waals surface area contributed by atoms with Crippen molar-refractivity contribution in [2.45, 2.75) is 17.2 Å². The van der Waals surface area contributed by atoms with Crippen molar-refractivity contribution in [1.29, 1.82) is 0 Å². The van der Waals surface area contributed by atoms with Crippen LogP contribution in [0.3, 0.4) is 0 Å². The van der Waals surface area contributed by atoms with Gasteiger partial charge in [-0.15, -0.1) is 0 Å². The number of rotatable bonds is 3. The van der Waals surface area contributed by atoms with E-state index in [1.54, 1.807) is 7.05 Å². The van der Waals surface area contributed by atoms with Gasteiger partial charge in [-0.25, -0.2) is 0 Å². The molecule has 0 spiro atoms. The fourth-order valence-corrected chi connectivity index (χ4v) is 7.33. The third-order valence-corrected chi connectivity index (χ3v) is 8.67. The summed E-state index contributed by atoms with van der Waals surface area (Å²) < 4.78 is 1.83. The van der Waals surface area contributed by atoms with Crippen LogP contribution < -0.4 is 4.46 Å². The van der Waals surface area contributed by atoms with Crippen LogP contribution in [-0.4, -0.2) is 43.1 Å². The van der Waals surface area contributed by atoms with E-state index in [0.29, 0.717) is 5.92 Å². The monoisotopic (exact) mass is 449 g/mol. The van der Waals surface area contributed by atoms with Gasteiger partial charge >= 0.3 is 139 Å². The molecule has 0 aromatic heterocycles. The molecule has 3 atom stereocenters. The van der Waals surface area contributed by atoms with Gasteiger partial charge in [-0.2, -0.15) is 0 Å². The van der Waals surface area contributed by atoms with Gasteiger partial charge in [0.1, 0.15) is 0 Å². The van der Waals surface area contributed by atoms with Gasteiger partial charge < -0.3 is 0 Å². The van der Waals surface area contributed by atoms with Gasteiger partial charge in [-0.05, 0) is 0 Å². The Morgan fingerprint density at radius 1 is 1.35 bits per heavy atom. The summed E-state index contributed by atoms with van der Waals surface area (Å²) in [7, 11) is 1.64. The molecule has 1 aliphatic heterocycles. The molecule has 3 nitrogen and oxygen atoms in total. The van der Waals surface area contributed by atoms with Gasteiger partial charge in [-0.1, -0.05) is 0 Å². The third-order valence-electron chi connectivity index (χ3n) is 4.28. The maximum absolute atomic E-state index is 12.7. The Bertz CT molecular complexity index is 550. The van der Waals surface area contributed by atoms with Gasteiger partial charge in [0.05, 0.1) is 0 Å². The SMILES string of the molecule is CN1C(=O)[C@@H]2C[C@@H](CI)C[C@]2([Se]c2ccccc2)C1=O. The summed E-state index contributed by atoms with van der Waals surface area (Å²) in [5.41, 5.74) is 0. The Kier molecular flexibility index (Phi) is 3.95. The zero-order valence-corrected chi connectivity index (χ0v) is 15.1. The number of alkyl halides is 1. The van der Waals surface area contributed by atoms with Crippen LogP contribution in [0.1, 0.15) is 12.8 Å². The minimum absolute atomic E-state index is 0.0248. The molecule has 5 heteroatoms. The molecule has 1 saturated heterocycles. The molecule has 2 fully saturated rings. The van der Waals surface area contributed by atoms with Crippen molar-refractivity contribution in [3.8, 4) is 0 Å². The van der Waals surface area contributed by atoms with Crippen LogP contribution in [0.5, 0.6) is 0 Å². The molecule has 0 radical (unpaired) electrons. The van der Waals surface area contributed by atoms with Crippen LogP contribution in [0.4, 0.5) is 0 Å². The molecule has 2 amide bonds. The minimum atomic E-state index is -0.421. The molecule has 0 N–H and O–H groups in total. The number of fused-ring (bicyclic) bond motifs is 1.